The zero-order valence-corrected chi connectivity index (χ0v) is 10.1. The van der Waals surface area contributed by atoms with Crippen molar-refractivity contribution in [3.8, 4) is 0 Å². The van der Waals surface area contributed by atoms with Crippen LogP contribution < -0.4 is 5.73 Å². The molecule has 5 heteroatoms. The lowest BCUT2D eigenvalue weighted by molar-refractivity contribution is -0.387. The molecule has 1 aromatic carbocycles. The van der Waals surface area contributed by atoms with E-state index in [-0.39, 0.29) is 5.54 Å². The molecule has 0 heterocycles. The average molecular weight is 250 g/mol. The van der Waals surface area contributed by atoms with Gasteiger partial charge in [-0.2, -0.15) is 4.39 Å². The van der Waals surface area contributed by atoms with Crippen LogP contribution in [-0.2, 0) is 0 Å². The molecule has 1 aliphatic rings. The first-order valence-corrected chi connectivity index (χ1v) is 5.81. The second-order valence-corrected chi connectivity index (χ2v) is 5.01. The normalized spacial score (nSPS) is 23.6. The van der Waals surface area contributed by atoms with Crippen molar-refractivity contribution in [1.82, 2.24) is 0 Å². The minimum atomic E-state index is -0.792. The maximum Gasteiger partial charge on any atom is 0.304 e. The zero-order valence-electron chi connectivity index (χ0n) is 10.1. The van der Waals surface area contributed by atoms with Crippen molar-refractivity contribution in [3.63, 3.8) is 0 Å². The van der Waals surface area contributed by atoms with E-state index in [4.69, 9.17) is 5.73 Å². The molecule has 2 rings (SSSR count). The molecule has 0 saturated heterocycles. The number of allylic oxidation sites excluding steroid dienone is 1. The molecule has 0 radical (unpaired) electrons. The molecule has 0 fully saturated rings. The third kappa shape index (κ3) is 2.56. The van der Waals surface area contributed by atoms with E-state index >= 15 is 0 Å². The second-order valence-electron chi connectivity index (χ2n) is 5.01. The van der Waals surface area contributed by atoms with Gasteiger partial charge in [0.1, 0.15) is 0 Å². The van der Waals surface area contributed by atoms with E-state index in [9.17, 15) is 14.5 Å². The molecule has 4 nitrogen and oxygen atoms in total. The van der Waals surface area contributed by atoms with E-state index in [0.717, 1.165) is 24.8 Å². The highest BCUT2D eigenvalue weighted by Gasteiger charge is 2.23. The summed E-state index contributed by atoms with van der Waals surface area (Å²) in [4.78, 5) is 9.81. The zero-order chi connectivity index (χ0) is 13.3. The number of nitrogens with two attached hydrogens (primary N) is 1. The minimum Gasteiger partial charge on any atom is -0.325 e. The lowest BCUT2D eigenvalue weighted by atomic mass is 9.83. The fraction of sp³-hybridized carbons (Fsp3) is 0.385. The molecule has 2 N–H and O–H groups in total. The van der Waals surface area contributed by atoms with Crippen LogP contribution in [-0.4, -0.2) is 10.5 Å². The lowest BCUT2D eigenvalue weighted by Gasteiger charge is -2.28. The SMILES string of the molecule is CC1(N)CC=C(c2ccc([N+](=O)[O-])c(F)c2)CC1. The maximum atomic E-state index is 13.5. The summed E-state index contributed by atoms with van der Waals surface area (Å²) in [6.45, 7) is 1.98. The van der Waals surface area contributed by atoms with Crippen LogP contribution in [0.2, 0.25) is 0 Å². The summed E-state index contributed by atoms with van der Waals surface area (Å²) < 4.78 is 13.5. The fourth-order valence-corrected chi connectivity index (χ4v) is 2.10. The van der Waals surface area contributed by atoms with Crippen molar-refractivity contribution in [2.45, 2.75) is 31.7 Å². The van der Waals surface area contributed by atoms with Crippen LogP contribution in [0.1, 0.15) is 31.7 Å². The van der Waals surface area contributed by atoms with E-state index in [1.807, 2.05) is 13.0 Å². The van der Waals surface area contributed by atoms with Crippen molar-refractivity contribution < 1.29 is 9.31 Å². The van der Waals surface area contributed by atoms with Crippen LogP contribution >= 0.6 is 0 Å². The van der Waals surface area contributed by atoms with Crippen LogP contribution in [0.4, 0.5) is 10.1 Å². The Morgan fingerprint density at radius 2 is 2.22 bits per heavy atom. The quantitative estimate of drug-likeness (QED) is 0.648. The van der Waals surface area contributed by atoms with Crippen molar-refractivity contribution in [3.05, 3.63) is 45.8 Å². The summed E-state index contributed by atoms with van der Waals surface area (Å²) in [7, 11) is 0. The van der Waals surface area contributed by atoms with Gasteiger partial charge in [-0.15, -0.1) is 0 Å². The monoisotopic (exact) mass is 250 g/mol. The van der Waals surface area contributed by atoms with Crippen molar-refractivity contribution in [1.29, 1.82) is 0 Å². The summed E-state index contributed by atoms with van der Waals surface area (Å²) >= 11 is 0. The topological polar surface area (TPSA) is 69.2 Å². The number of nitro benzene ring substituents is 1. The van der Waals surface area contributed by atoms with Gasteiger partial charge in [0, 0.05) is 11.6 Å². The molecular weight excluding hydrogens is 235 g/mol. The van der Waals surface area contributed by atoms with Gasteiger partial charge in [-0.05, 0) is 49.5 Å². The summed E-state index contributed by atoms with van der Waals surface area (Å²) in [6, 6.07) is 4.02. The van der Waals surface area contributed by atoms with Crippen molar-refractivity contribution >= 4 is 11.3 Å². The van der Waals surface area contributed by atoms with Gasteiger partial charge in [0.05, 0.1) is 4.92 Å². The van der Waals surface area contributed by atoms with Crippen LogP contribution in [0.3, 0.4) is 0 Å². The number of nitrogens with zero attached hydrogens (tertiary/aromatic N) is 1. The minimum absolute atomic E-state index is 0.206. The molecule has 1 aromatic rings. The molecule has 1 atom stereocenters. The number of hydrogen-bond acceptors (Lipinski definition) is 3. The van der Waals surface area contributed by atoms with E-state index in [1.54, 1.807) is 6.07 Å². The van der Waals surface area contributed by atoms with Crippen molar-refractivity contribution in [2.75, 3.05) is 0 Å². The Bertz CT molecular complexity index is 524. The second kappa shape index (κ2) is 4.49. The fourth-order valence-electron chi connectivity index (χ4n) is 2.10. The smallest absolute Gasteiger partial charge is 0.304 e. The highest BCUT2D eigenvalue weighted by molar-refractivity contribution is 5.67. The van der Waals surface area contributed by atoms with Gasteiger partial charge in [0.25, 0.3) is 0 Å². The van der Waals surface area contributed by atoms with Gasteiger partial charge in [-0.3, -0.25) is 10.1 Å². The Morgan fingerprint density at radius 3 is 2.72 bits per heavy atom. The molecule has 1 aliphatic carbocycles. The average Bonchev–Trinajstić information content (AvgIpc) is 2.28. The third-order valence-electron chi connectivity index (χ3n) is 3.30. The number of hydrogen-bond donors (Lipinski definition) is 1. The predicted octanol–water partition coefficient (Wildman–Crippen LogP) is 3.02. The van der Waals surface area contributed by atoms with Gasteiger partial charge in [-0.25, -0.2) is 0 Å². The number of benzene rings is 1. The molecule has 0 saturated carbocycles. The van der Waals surface area contributed by atoms with Crippen molar-refractivity contribution in [2.24, 2.45) is 5.73 Å². The molecule has 1 unspecified atom stereocenters. The predicted molar refractivity (Wildman–Crippen MR) is 67.5 cm³/mol. The number of rotatable bonds is 2. The molecule has 0 aromatic heterocycles. The number of halogens is 1. The van der Waals surface area contributed by atoms with Gasteiger partial charge in [0.2, 0.25) is 5.82 Å². The van der Waals surface area contributed by atoms with Crippen LogP contribution in [0.5, 0.6) is 0 Å². The molecule has 18 heavy (non-hydrogen) atoms. The van der Waals surface area contributed by atoms with E-state index < -0.39 is 16.4 Å². The molecule has 0 bridgehead atoms. The summed E-state index contributed by atoms with van der Waals surface area (Å²) in [6.07, 6.45) is 4.33. The van der Waals surface area contributed by atoms with Gasteiger partial charge in [0.15, 0.2) is 0 Å². The highest BCUT2D eigenvalue weighted by atomic mass is 19.1. The maximum absolute atomic E-state index is 13.5. The van der Waals surface area contributed by atoms with E-state index in [2.05, 4.69) is 0 Å². The Morgan fingerprint density at radius 1 is 1.50 bits per heavy atom. The first-order chi connectivity index (χ1) is 8.39. The number of nitro groups is 1. The summed E-state index contributed by atoms with van der Waals surface area (Å²) in [5.41, 5.74) is 7.02. The van der Waals surface area contributed by atoms with Crippen LogP contribution in [0.25, 0.3) is 5.57 Å². The van der Waals surface area contributed by atoms with Gasteiger partial charge in [-0.1, -0.05) is 6.08 Å². The molecular formula is C13H15FN2O2. The van der Waals surface area contributed by atoms with Gasteiger partial charge < -0.3 is 5.73 Å². The Balaban J connectivity index is 2.28. The van der Waals surface area contributed by atoms with Crippen LogP contribution in [0, 0.1) is 15.9 Å². The molecule has 96 valence electrons. The Labute approximate surface area is 104 Å². The first kappa shape index (κ1) is 12.7. The van der Waals surface area contributed by atoms with E-state index in [1.165, 1.54) is 12.1 Å². The molecule has 0 amide bonds. The highest BCUT2D eigenvalue weighted by Crippen LogP contribution is 2.32. The Kier molecular flexibility index (Phi) is 3.17. The largest absolute Gasteiger partial charge is 0.325 e. The van der Waals surface area contributed by atoms with E-state index in [0.29, 0.717) is 5.56 Å². The first-order valence-electron chi connectivity index (χ1n) is 5.81. The third-order valence-corrected chi connectivity index (χ3v) is 3.30. The van der Waals surface area contributed by atoms with Gasteiger partial charge >= 0.3 is 5.69 Å². The summed E-state index contributed by atoms with van der Waals surface area (Å²) in [5, 5.41) is 10.5. The molecule has 0 spiro atoms. The molecule has 0 aliphatic heterocycles. The summed E-state index contributed by atoms with van der Waals surface area (Å²) in [5.74, 6) is -0.792. The van der Waals surface area contributed by atoms with Crippen LogP contribution in [0.15, 0.2) is 24.3 Å². The lowest BCUT2D eigenvalue weighted by Crippen LogP contribution is -2.37. The standard InChI is InChI=1S/C13H15FN2O2/c1-13(15)6-4-9(5-7-13)10-2-3-12(16(17)18)11(14)8-10/h2-4,8H,5-7,15H2,1H3. The Hall–Kier alpha value is -1.75.